The quantitative estimate of drug-likeness (QED) is 0.553. The van der Waals surface area contributed by atoms with Crippen molar-refractivity contribution in [2.75, 3.05) is 0 Å². The van der Waals surface area contributed by atoms with Crippen LogP contribution in [-0.2, 0) is 12.6 Å². The summed E-state index contributed by atoms with van der Waals surface area (Å²) in [6, 6.07) is 5.68. The van der Waals surface area contributed by atoms with Crippen molar-refractivity contribution in [2.45, 2.75) is 45.4 Å². The van der Waals surface area contributed by atoms with Crippen molar-refractivity contribution in [3.8, 4) is 5.75 Å². The van der Waals surface area contributed by atoms with E-state index in [0.717, 1.165) is 12.8 Å². The van der Waals surface area contributed by atoms with Crippen molar-refractivity contribution < 1.29 is 22.3 Å². The molecule has 0 spiro atoms. The molecule has 28 heavy (non-hydrogen) atoms. The maximum Gasteiger partial charge on any atom is 0.420 e. The number of hydrogen-bond donors (Lipinski definition) is 0. The number of halogens is 4. The van der Waals surface area contributed by atoms with Crippen molar-refractivity contribution in [2.24, 2.45) is 5.92 Å². The predicted molar refractivity (Wildman–Crippen MR) is 94.6 cm³/mol. The lowest BCUT2D eigenvalue weighted by atomic mass is 10.0. The standard InChI is InChI=1S/C20H19F4N3O/c1-11-3-6-16(15(21)9-11)28-12(2)14-7-8-27-17(10-13-4-5-13)25-26-19(27)18(14)20(22,23)24/h3,6-9,12-13H,4-5,10H2,1-2H3/t12-/m0/s1. The molecule has 0 bridgehead atoms. The van der Waals surface area contributed by atoms with Gasteiger partial charge in [0.1, 0.15) is 17.5 Å². The van der Waals surface area contributed by atoms with E-state index >= 15 is 0 Å². The van der Waals surface area contributed by atoms with E-state index in [4.69, 9.17) is 4.74 Å². The first-order valence-electron chi connectivity index (χ1n) is 9.10. The van der Waals surface area contributed by atoms with E-state index in [0.29, 0.717) is 23.7 Å². The van der Waals surface area contributed by atoms with Crippen LogP contribution in [0.3, 0.4) is 0 Å². The Labute approximate surface area is 159 Å². The van der Waals surface area contributed by atoms with E-state index in [2.05, 4.69) is 10.2 Å². The van der Waals surface area contributed by atoms with Gasteiger partial charge in [-0.2, -0.15) is 13.2 Å². The monoisotopic (exact) mass is 393 g/mol. The number of hydrogen-bond acceptors (Lipinski definition) is 3. The molecule has 0 amide bonds. The van der Waals surface area contributed by atoms with Gasteiger partial charge in [-0.25, -0.2) is 4.39 Å². The Morgan fingerprint density at radius 1 is 1.21 bits per heavy atom. The van der Waals surface area contributed by atoms with Gasteiger partial charge in [-0.3, -0.25) is 4.40 Å². The summed E-state index contributed by atoms with van der Waals surface area (Å²) in [5.41, 5.74) is -0.558. The van der Waals surface area contributed by atoms with Crippen molar-refractivity contribution in [1.82, 2.24) is 14.6 Å². The SMILES string of the molecule is Cc1ccc(O[C@@H](C)c2ccn3c(CC4CC4)nnc3c2C(F)(F)F)c(F)c1. The predicted octanol–water partition coefficient (Wildman–Crippen LogP) is 5.29. The summed E-state index contributed by atoms with van der Waals surface area (Å²) in [5, 5.41) is 7.78. The highest BCUT2D eigenvalue weighted by Gasteiger charge is 2.39. The molecule has 2 aromatic heterocycles. The third-order valence-corrected chi connectivity index (χ3v) is 4.96. The molecule has 8 heteroatoms. The van der Waals surface area contributed by atoms with Gasteiger partial charge in [-0.15, -0.1) is 10.2 Å². The number of pyridine rings is 1. The van der Waals surface area contributed by atoms with Crippen molar-refractivity contribution in [1.29, 1.82) is 0 Å². The molecule has 148 valence electrons. The van der Waals surface area contributed by atoms with Crippen LogP contribution in [0.25, 0.3) is 5.65 Å². The molecule has 1 saturated carbocycles. The smallest absolute Gasteiger partial charge is 0.420 e. The zero-order valence-corrected chi connectivity index (χ0v) is 15.4. The fraction of sp³-hybridized carbons (Fsp3) is 0.400. The summed E-state index contributed by atoms with van der Waals surface area (Å²) in [6.45, 7) is 3.18. The van der Waals surface area contributed by atoms with Crippen molar-refractivity contribution in [3.05, 3.63) is 58.8 Å². The van der Waals surface area contributed by atoms with Gasteiger partial charge in [0.2, 0.25) is 0 Å². The first kappa shape index (κ1) is 18.7. The second-order valence-electron chi connectivity index (χ2n) is 7.30. The number of benzene rings is 1. The molecule has 1 fully saturated rings. The molecule has 1 atom stereocenters. The second kappa shape index (κ2) is 6.76. The third kappa shape index (κ3) is 3.55. The Kier molecular flexibility index (Phi) is 4.51. The van der Waals surface area contributed by atoms with Gasteiger partial charge in [-0.05, 0) is 56.4 Å². The molecule has 4 rings (SSSR count). The minimum atomic E-state index is -4.65. The molecule has 1 aliphatic carbocycles. The van der Waals surface area contributed by atoms with E-state index in [1.54, 1.807) is 13.0 Å². The van der Waals surface area contributed by atoms with E-state index in [9.17, 15) is 17.6 Å². The zero-order valence-electron chi connectivity index (χ0n) is 15.4. The molecule has 1 aliphatic rings. The van der Waals surface area contributed by atoms with Crippen LogP contribution in [0, 0.1) is 18.7 Å². The summed E-state index contributed by atoms with van der Waals surface area (Å²) in [7, 11) is 0. The van der Waals surface area contributed by atoms with E-state index in [1.165, 1.54) is 35.7 Å². The van der Waals surface area contributed by atoms with Crippen LogP contribution < -0.4 is 4.74 Å². The summed E-state index contributed by atoms with van der Waals surface area (Å²) < 4.78 is 62.6. The number of ether oxygens (including phenoxy) is 1. The van der Waals surface area contributed by atoms with Crippen LogP contribution in [0.4, 0.5) is 17.6 Å². The van der Waals surface area contributed by atoms with E-state index in [1.807, 2.05) is 0 Å². The molecule has 4 nitrogen and oxygen atoms in total. The van der Waals surface area contributed by atoms with Crippen LogP contribution in [0.2, 0.25) is 0 Å². The van der Waals surface area contributed by atoms with Crippen molar-refractivity contribution >= 4 is 5.65 Å². The molecule has 0 aliphatic heterocycles. The highest BCUT2D eigenvalue weighted by atomic mass is 19.4. The highest BCUT2D eigenvalue weighted by molar-refractivity contribution is 5.54. The lowest BCUT2D eigenvalue weighted by molar-refractivity contribution is -0.138. The Bertz CT molecular complexity index is 1020. The fourth-order valence-corrected chi connectivity index (χ4v) is 3.32. The van der Waals surface area contributed by atoms with Crippen LogP contribution in [-0.4, -0.2) is 14.6 Å². The maximum absolute atomic E-state index is 14.1. The summed E-state index contributed by atoms with van der Waals surface area (Å²) >= 11 is 0. The largest absolute Gasteiger partial charge is 0.483 e. The molecular formula is C20H19F4N3O. The first-order chi connectivity index (χ1) is 13.2. The minimum Gasteiger partial charge on any atom is -0.483 e. The van der Waals surface area contributed by atoms with Gasteiger partial charge in [0.25, 0.3) is 0 Å². The number of aromatic nitrogens is 3. The summed E-state index contributed by atoms with van der Waals surface area (Å²) in [5.74, 6) is 0.276. The lowest BCUT2D eigenvalue weighted by Gasteiger charge is -2.20. The minimum absolute atomic E-state index is 0.0954. The maximum atomic E-state index is 14.1. The molecule has 2 heterocycles. The molecule has 1 aromatic carbocycles. The zero-order chi connectivity index (χ0) is 20.1. The summed E-state index contributed by atoms with van der Waals surface area (Å²) in [4.78, 5) is 0. The van der Waals surface area contributed by atoms with Crippen molar-refractivity contribution in [3.63, 3.8) is 0 Å². The lowest BCUT2D eigenvalue weighted by Crippen LogP contribution is -2.16. The van der Waals surface area contributed by atoms with Gasteiger partial charge >= 0.3 is 6.18 Å². The van der Waals surface area contributed by atoms with Crippen LogP contribution in [0.15, 0.2) is 30.5 Å². The topological polar surface area (TPSA) is 39.4 Å². The van der Waals surface area contributed by atoms with Gasteiger partial charge in [0.15, 0.2) is 17.2 Å². The van der Waals surface area contributed by atoms with E-state index in [-0.39, 0.29) is 17.0 Å². The molecule has 0 radical (unpaired) electrons. The normalized spacial score (nSPS) is 15.8. The van der Waals surface area contributed by atoms with E-state index < -0.39 is 23.7 Å². The van der Waals surface area contributed by atoms with Crippen LogP contribution >= 0.6 is 0 Å². The van der Waals surface area contributed by atoms with Gasteiger partial charge in [-0.1, -0.05) is 6.07 Å². The molecule has 0 N–H and O–H groups in total. The average molecular weight is 393 g/mol. The number of aryl methyl sites for hydroxylation is 1. The number of alkyl halides is 3. The number of rotatable bonds is 5. The fourth-order valence-electron chi connectivity index (χ4n) is 3.32. The number of fused-ring (bicyclic) bond motifs is 1. The first-order valence-corrected chi connectivity index (χ1v) is 9.10. The second-order valence-corrected chi connectivity index (χ2v) is 7.30. The van der Waals surface area contributed by atoms with Gasteiger partial charge in [0, 0.05) is 18.2 Å². The average Bonchev–Trinajstić information content (AvgIpc) is 3.34. The van der Waals surface area contributed by atoms with Gasteiger partial charge < -0.3 is 4.74 Å². The molecule has 0 unspecified atom stereocenters. The summed E-state index contributed by atoms with van der Waals surface area (Å²) in [6.07, 6.45) is -1.41. The molecular weight excluding hydrogens is 374 g/mol. The Morgan fingerprint density at radius 2 is 1.96 bits per heavy atom. The Hall–Kier alpha value is -2.64. The number of nitrogens with zero attached hydrogens (tertiary/aromatic N) is 3. The molecule has 3 aromatic rings. The molecule has 0 saturated heterocycles. The Balaban J connectivity index is 1.74. The third-order valence-electron chi connectivity index (χ3n) is 4.96. The van der Waals surface area contributed by atoms with Gasteiger partial charge in [0.05, 0.1) is 0 Å². The Morgan fingerprint density at radius 3 is 2.61 bits per heavy atom. The highest BCUT2D eigenvalue weighted by Crippen LogP contribution is 2.39. The van der Waals surface area contributed by atoms with Crippen LogP contribution in [0.5, 0.6) is 5.75 Å². The van der Waals surface area contributed by atoms with Crippen LogP contribution in [0.1, 0.15) is 48.4 Å².